The van der Waals surface area contributed by atoms with Crippen molar-refractivity contribution in [3.05, 3.63) is 33.9 Å². The Kier molecular flexibility index (Phi) is 3.83. The van der Waals surface area contributed by atoms with Gasteiger partial charge in [0.15, 0.2) is 11.5 Å². The number of piperidine rings is 1. The summed E-state index contributed by atoms with van der Waals surface area (Å²) >= 11 is 1.44. The summed E-state index contributed by atoms with van der Waals surface area (Å²) in [6.07, 6.45) is 1.92. The SMILES string of the molecule is Cc1ccc(N2CCC(c3nc(C(=O)O)cs3)CC2)nn1. The summed E-state index contributed by atoms with van der Waals surface area (Å²) in [7, 11) is 0. The zero-order valence-electron chi connectivity index (χ0n) is 11.7. The van der Waals surface area contributed by atoms with Gasteiger partial charge in [0.05, 0.1) is 10.7 Å². The van der Waals surface area contributed by atoms with Crippen molar-refractivity contribution in [3.8, 4) is 0 Å². The fourth-order valence-corrected chi connectivity index (χ4v) is 3.45. The van der Waals surface area contributed by atoms with E-state index in [1.165, 1.54) is 11.3 Å². The number of carbonyl (C=O) groups is 1. The predicted octanol–water partition coefficient (Wildman–Crippen LogP) is 2.32. The van der Waals surface area contributed by atoms with Crippen LogP contribution in [0.2, 0.25) is 0 Å². The van der Waals surface area contributed by atoms with Gasteiger partial charge < -0.3 is 10.0 Å². The van der Waals surface area contributed by atoms with Crippen LogP contribution in [0.15, 0.2) is 17.5 Å². The number of hydrogen-bond donors (Lipinski definition) is 1. The second-order valence-electron chi connectivity index (χ2n) is 5.17. The van der Waals surface area contributed by atoms with Gasteiger partial charge in [0, 0.05) is 24.4 Å². The molecule has 2 aromatic rings. The van der Waals surface area contributed by atoms with Crippen LogP contribution in [-0.4, -0.2) is 39.3 Å². The number of nitrogens with zero attached hydrogens (tertiary/aromatic N) is 4. The van der Waals surface area contributed by atoms with E-state index in [4.69, 9.17) is 5.11 Å². The summed E-state index contributed by atoms with van der Waals surface area (Å²) in [5.74, 6) is 0.298. The number of carboxylic acid groups (broad SMARTS) is 1. The second-order valence-corrected chi connectivity index (χ2v) is 6.06. The number of aryl methyl sites for hydroxylation is 1. The average Bonchev–Trinajstić information content (AvgIpc) is 2.98. The molecule has 0 aliphatic carbocycles. The summed E-state index contributed by atoms with van der Waals surface area (Å²) in [4.78, 5) is 17.3. The standard InChI is InChI=1S/C14H16N4O2S/c1-9-2-3-12(17-16-9)18-6-4-10(5-7-18)13-15-11(8-21-13)14(19)20/h2-3,8,10H,4-7H2,1H3,(H,19,20). The molecule has 1 saturated heterocycles. The van der Waals surface area contributed by atoms with Gasteiger partial charge in [-0.15, -0.1) is 16.4 Å². The van der Waals surface area contributed by atoms with E-state index in [2.05, 4.69) is 20.1 Å². The first-order valence-electron chi connectivity index (χ1n) is 6.87. The first-order valence-corrected chi connectivity index (χ1v) is 7.75. The maximum atomic E-state index is 10.9. The molecule has 0 unspecified atom stereocenters. The van der Waals surface area contributed by atoms with E-state index in [1.54, 1.807) is 5.38 Å². The molecule has 7 heteroatoms. The van der Waals surface area contributed by atoms with Crippen LogP contribution in [0.25, 0.3) is 0 Å². The molecule has 3 rings (SSSR count). The van der Waals surface area contributed by atoms with Gasteiger partial charge in [0.1, 0.15) is 0 Å². The van der Waals surface area contributed by atoms with Gasteiger partial charge in [-0.05, 0) is 31.9 Å². The van der Waals surface area contributed by atoms with E-state index < -0.39 is 5.97 Å². The number of aromatic nitrogens is 3. The molecule has 1 aliphatic rings. The van der Waals surface area contributed by atoms with Crippen LogP contribution in [0.5, 0.6) is 0 Å². The smallest absolute Gasteiger partial charge is 0.355 e. The fraction of sp³-hybridized carbons (Fsp3) is 0.429. The zero-order chi connectivity index (χ0) is 14.8. The number of anilines is 1. The van der Waals surface area contributed by atoms with Crippen molar-refractivity contribution in [3.63, 3.8) is 0 Å². The first-order chi connectivity index (χ1) is 10.1. The van der Waals surface area contributed by atoms with E-state index in [0.29, 0.717) is 5.92 Å². The molecule has 0 spiro atoms. The van der Waals surface area contributed by atoms with Gasteiger partial charge in [-0.1, -0.05) is 0 Å². The molecule has 0 bridgehead atoms. The molecule has 1 fully saturated rings. The lowest BCUT2D eigenvalue weighted by Gasteiger charge is -2.31. The van der Waals surface area contributed by atoms with Crippen molar-refractivity contribution in [2.24, 2.45) is 0 Å². The third-order valence-electron chi connectivity index (χ3n) is 3.69. The van der Waals surface area contributed by atoms with Crippen LogP contribution in [0.1, 0.15) is 39.9 Å². The van der Waals surface area contributed by atoms with Crippen LogP contribution in [0.3, 0.4) is 0 Å². The Morgan fingerprint density at radius 3 is 2.67 bits per heavy atom. The monoisotopic (exact) mass is 304 g/mol. The minimum atomic E-state index is -0.954. The van der Waals surface area contributed by atoms with E-state index in [0.717, 1.165) is 42.5 Å². The van der Waals surface area contributed by atoms with Gasteiger partial charge in [-0.3, -0.25) is 0 Å². The van der Waals surface area contributed by atoms with E-state index >= 15 is 0 Å². The minimum Gasteiger partial charge on any atom is -0.476 e. The minimum absolute atomic E-state index is 0.154. The molecule has 21 heavy (non-hydrogen) atoms. The lowest BCUT2D eigenvalue weighted by atomic mass is 9.97. The Morgan fingerprint density at radius 2 is 2.10 bits per heavy atom. The van der Waals surface area contributed by atoms with Crippen LogP contribution in [0.4, 0.5) is 5.82 Å². The van der Waals surface area contributed by atoms with E-state index in [-0.39, 0.29) is 5.69 Å². The summed E-state index contributed by atoms with van der Waals surface area (Å²) in [6.45, 7) is 3.71. The summed E-state index contributed by atoms with van der Waals surface area (Å²) in [5, 5.41) is 19.8. The highest BCUT2D eigenvalue weighted by Gasteiger charge is 2.24. The van der Waals surface area contributed by atoms with Crippen LogP contribution < -0.4 is 4.90 Å². The zero-order valence-corrected chi connectivity index (χ0v) is 12.5. The lowest BCUT2D eigenvalue weighted by Crippen LogP contribution is -2.33. The molecule has 0 aromatic carbocycles. The largest absolute Gasteiger partial charge is 0.476 e. The van der Waals surface area contributed by atoms with Crippen LogP contribution in [-0.2, 0) is 0 Å². The molecule has 0 atom stereocenters. The highest BCUT2D eigenvalue weighted by atomic mass is 32.1. The van der Waals surface area contributed by atoms with Crippen molar-refractivity contribution in [2.45, 2.75) is 25.7 Å². The van der Waals surface area contributed by atoms with Crippen LogP contribution >= 0.6 is 11.3 Å². The van der Waals surface area contributed by atoms with Crippen molar-refractivity contribution < 1.29 is 9.90 Å². The first kappa shape index (κ1) is 13.9. The number of thiazole rings is 1. The number of hydrogen-bond acceptors (Lipinski definition) is 6. The Bertz CT molecular complexity index is 633. The summed E-state index contributed by atoms with van der Waals surface area (Å²) in [6, 6.07) is 3.96. The third-order valence-corrected chi connectivity index (χ3v) is 4.70. The highest BCUT2D eigenvalue weighted by Crippen LogP contribution is 2.31. The molecule has 3 heterocycles. The van der Waals surface area contributed by atoms with Gasteiger partial charge in [0.25, 0.3) is 0 Å². The molecule has 110 valence electrons. The summed E-state index contributed by atoms with van der Waals surface area (Å²) in [5.41, 5.74) is 1.07. The summed E-state index contributed by atoms with van der Waals surface area (Å²) < 4.78 is 0. The normalized spacial score (nSPS) is 16.1. The van der Waals surface area contributed by atoms with Crippen LogP contribution in [0, 0.1) is 6.92 Å². The lowest BCUT2D eigenvalue weighted by molar-refractivity contribution is 0.0691. The number of carboxylic acids is 1. The molecule has 0 radical (unpaired) electrons. The van der Waals surface area contributed by atoms with Crippen molar-refractivity contribution in [2.75, 3.05) is 18.0 Å². The topological polar surface area (TPSA) is 79.2 Å². The Labute approximate surface area is 126 Å². The van der Waals surface area contributed by atoms with Gasteiger partial charge in [0.2, 0.25) is 0 Å². The quantitative estimate of drug-likeness (QED) is 0.937. The maximum absolute atomic E-state index is 10.9. The van der Waals surface area contributed by atoms with Gasteiger partial charge in [-0.2, -0.15) is 5.10 Å². The Balaban J connectivity index is 1.64. The molecule has 0 saturated carbocycles. The van der Waals surface area contributed by atoms with Crippen molar-refractivity contribution in [1.29, 1.82) is 0 Å². The maximum Gasteiger partial charge on any atom is 0.355 e. The molecule has 1 N–H and O–H groups in total. The molecule has 6 nitrogen and oxygen atoms in total. The van der Waals surface area contributed by atoms with Crippen molar-refractivity contribution >= 4 is 23.1 Å². The molecule has 0 amide bonds. The molecular formula is C14H16N4O2S. The highest BCUT2D eigenvalue weighted by molar-refractivity contribution is 7.09. The molecular weight excluding hydrogens is 288 g/mol. The average molecular weight is 304 g/mol. The fourth-order valence-electron chi connectivity index (χ4n) is 2.49. The van der Waals surface area contributed by atoms with Gasteiger partial charge in [-0.25, -0.2) is 9.78 Å². The number of rotatable bonds is 3. The Hall–Kier alpha value is -2.02. The number of aromatic carboxylic acids is 1. The predicted molar refractivity (Wildman–Crippen MR) is 80.0 cm³/mol. The van der Waals surface area contributed by atoms with Crippen molar-refractivity contribution in [1.82, 2.24) is 15.2 Å². The third kappa shape index (κ3) is 3.02. The second kappa shape index (κ2) is 5.77. The van der Waals surface area contributed by atoms with Gasteiger partial charge >= 0.3 is 5.97 Å². The molecule has 2 aromatic heterocycles. The Morgan fingerprint density at radius 1 is 1.33 bits per heavy atom. The van der Waals surface area contributed by atoms with E-state index in [1.807, 2.05) is 19.1 Å². The van der Waals surface area contributed by atoms with E-state index in [9.17, 15) is 4.79 Å². The molecule has 1 aliphatic heterocycles.